The molecule has 0 heterocycles. The van der Waals surface area contributed by atoms with E-state index in [0.29, 0.717) is 6.42 Å². The van der Waals surface area contributed by atoms with Gasteiger partial charge in [0.05, 0.1) is 11.4 Å². The van der Waals surface area contributed by atoms with Crippen molar-refractivity contribution in [1.82, 2.24) is 0 Å². The molecule has 154 valence electrons. The van der Waals surface area contributed by atoms with Gasteiger partial charge in [-0.15, -0.1) is 0 Å². The molecule has 3 nitrogen and oxygen atoms in total. The minimum absolute atomic E-state index is 0.000352. The van der Waals surface area contributed by atoms with E-state index >= 15 is 0 Å². The number of carbonyl (C=O) groups is 1. The Morgan fingerprint density at radius 1 is 0.677 bits per heavy atom. The molecule has 0 spiro atoms. The molecule has 0 radical (unpaired) electrons. The van der Waals surface area contributed by atoms with Gasteiger partial charge in [0.15, 0.2) is 0 Å². The molecule has 31 heavy (non-hydrogen) atoms. The quantitative estimate of drug-likeness (QED) is 0.350. The summed E-state index contributed by atoms with van der Waals surface area (Å²) in [6.45, 7) is 2.06. The third-order valence-electron chi connectivity index (χ3n) is 5.33. The van der Waals surface area contributed by atoms with Gasteiger partial charge in [-0.1, -0.05) is 90.5 Å². The van der Waals surface area contributed by atoms with Gasteiger partial charge in [0.25, 0.3) is 0 Å². The summed E-state index contributed by atoms with van der Waals surface area (Å²) in [5.74, 6) is -0.0181. The molecule has 4 aromatic carbocycles. The van der Waals surface area contributed by atoms with Crippen molar-refractivity contribution >= 4 is 23.0 Å². The minimum atomic E-state index is -0.0177. The lowest BCUT2D eigenvalue weighted by Gasteiger charge is -2.19. The number of anilines is 3. The molecule has 2 N–H and O–H groups in total. The standard InChI is InChI=1S/C28H26N2O/c1-21-16-18-24(19-17-21)29-26-14-8-9-15-27(26)30-28(31)20-25(22-10-4-2-5-11-22)23-12-6-3-7-13-23/h2-19,25,29H,20H2,1H3,(H,30,31). The molecule has 0 aliphatic heterocycles. The number of hydrogen-bond acceptors (Lipinski definition) is 2. The molecule has 0 atom stereocenters. The minimum Gasteiger partial charge on any atom is -0.354 e. The second-order valence-electron chi connectivity index (χ2n) is 7.66. The molecule has 0 saturated carbocycles. The van der Waals surface area contributed by atoms with E-state index in [2.05, 4.69) is 54.0 Å². The molecule has 0 saturated heterocycles. The molecule has 4 aromatic rings. The highest BCUT2D eigenvalue weighted by atomic mass is 16.1. The summed E-state index contributed by atoms with van der Waals surface area (Å²) in [6.07, 6.45) is 0.368. The first-order valence-corrected chi connectivity index (χ1v) is 10.5. The summed E-state index contributed by atoms with van der Waals surface area (Å²) < 4.78 is 0. The van der Waals surface area contributed by atoms with Gasteiger partial charge in [0.2, 0.25) is 5.91 Å². The van der Waals surface area contributed by atoms with Gasteiger partial charge < -0.3 is 10.6 Å². The topological polar surface area (TPSA) is 41.1 Å². The third-order valence-corrected chi connectivity index (χ3v) is 5.33. The van der Waals surface area contributed by atoms with E-state index in [1.54, 1.807) is 0 Å². The van der Waals surface area contributed by atoms with Crippen molar-refractivity contribution < 1.29 is 4.79 Å². The van der Waals surface area contributed by atoms with Crippen LogP contribution in [0, 0.1) is 6.92 Å². The van der Waals surface area contributed by atoms with Crippen LogP contribution in [0.1, 0.15) is 29.0 Å². The van der Waals surface area contributed by atoms with Crippen molar-refractivity contribution in [3.63, 3.8) is 0 Å². The highest BCUT2D eigenvalue weighted by Crippen LogP contribution is 2.30. The van der Waals surface area contributed by atoms with Crippen molar-refractivity contribution in [3.8, 4) is 0 Å². The van der Waals surface area contributed by atoms with Crippen LogP contribution in [-0.4, -0.2) is 5.91 Å². The van der Waals surface area contributed by atoms with E-state index in [1.807, 2.05) is 72.8 Å². The fraction of sp³-hybridized carbons (Fsp3) is 0.107. The van der Waals surface area contributed by atoms with Crippen LogP contribution in [0.2, 0.25) is 0 Å². The van der Waals surface area contributed by atoms with E-state index in [9.17, 15) is 4.79 Å². The predicted molar refractivity (Wildman–Crippen MR) is 129 cm³/mol. The van der Waals surface area contributed by atoms with Crippen LogP contribution in [0.3, 0.4) is 0 Å². The van der Waals surface area contributed by atoms with Gasteiger partial charge in [-0.25, -0.2) is 0 Å². The van der Waals surface area contributed by atoms with Crippen molar-refractivity contribution in [2.75, 3.05) is 10.6 Å². The first kappa shape index (κ1) is 20.4. The van der Waals surface area contributed by atoms with E-state index in [0.717, 1.165) is 28.2 Å². The molecular weight excluding hydrogens is 380 g/mol. The Hall–Kier alpha value is -3.85. The second kappa shape index (κ2) is 9.77. The summed E-state index contributed by atoms with van der Waals surface area (Å²) in [6, 6.07) is 36.4. The van der Waals surface area contributed by atoms with Crippen LogP contribution in [0.5, 0.6) is 0 Å². The molecule has 0 fully saturated rings. The van der Waals surface area contributed by atoms with Gasteiger partial charge in [-0.2, -0.15) is 0 Å². The monoisotopic (exact) mass is 406 g/mol. The van der Waals surface area contributed by atoms with Gasteiger partial charge in [-0.3, -0.25) is 4.79 Å². The van der Waals surface area contributed by atoms with Crippen LogP contribution >= 0.6 is 0 Å². The first-order valence-electron chi connectivity index (χ1n) is 10.5. The van der Waals surface area contributed by atoms with E-state index in [4.69, 9.17) is 0 Å². The second-order valence-corrected chi connectivity index (χ2v) is 7.66. The Kier molecular flexibility index (Phi) is 6.44. The van der Waals surface area contributed by atoms with Crippen LogP contribution in [0.4, 0.5) is 17.1 Å². The van der Waals surface area contributed by atoms with Crippen molar-refractivity contribution in [3.05, 3.63) is 126 Å². The number of rotatable bonds is 7. The third kappa shape index (κ3) is 5.40. The number of nitrogens with one attached hydrogen (secondary N) is 2. The molecule has 0 bridgehead atoms. The predicted octanol–water partition coefficient (Wildman–Crippen LogP) is 6.90. The first-order chi connectivity index (χ1) is 15.2. The maximum absolute atomic E-state index is 13.1. The lowest BCUT2D eigenvalue weighted by Crippen LogP contribution is -2.17. The molecule has 3 heteroatoms. The Morgan fingerprint density at radius 2 is 1.19 bits per heavy atom. The Labute approximate surface area is 183 Å². The van der Waals surface area contributed by atoms with Crippen molar-refractivity contribution in [1.29, 1.82) is 0 Å². The van der Waals surface area contributed by atoms with Crippen molar-refractivity contribution in [2.45, 2.75) is 19.3 Å². The fourth-order valence-corrected chi connectivity index (χ4v) is 3.68. The zero-order valence-electron chi connectivity index (χ0n) is 17.6. The zero-order valence-corrected chi connectivity index (χ0v) is 17.6. The highest BCUT2D eigenvalue weighted by molar-refractivity contribution is 5.95. The normalized spacial score (nSPS) is 10.6. The molecule has 0 unspecified atom stereocenters. The van der Waals surface area contributed by atoms with Crippen LogP contribution in [0.15, 0.2) is 109 Å². The van der Waals surface area contributed by atoms with E-state index in [1.165, 1.54) is 5.56 Å². The molecule has 0 aliphatic rings. The summed E-state index contributed by atoms with van der Waals surface area (Å²) in [5, 5.41) is 6.52. The largest absolute Gasteiger partial charge is 0.354 e. The number of amides is 1. The van der Waals surface area contributed by atoms with Gasteiger partial charge in [0, 0.05) is 18.0 Å². The van der Waals surface area contributed by atoms with Gasteiger partial charge in [0.1, 0.15) is 0 Å². The Morgan fingerprint density at radius 3 is 1.77 bits per heavy atom. The molecular formula is C28H26N2O. The maximum atomic E-state index is 13.1. The smallest absolute Gasteiger partial charge is 0.225 e. The molecule has 0 aliphatic carbocycles. The molecule has 1 amide bonds. The lowest BCUT2D eigenvalue weighted by atomic mass is 9.88. The summed E-state index contributed by atoms with van der Waals surface area (Å²) in [5.41, 5.74) is 6.10. The van der Waals surface area contributed by atoms with Crippen molar-refractivity contribution in [2.24, 2.45) is 0 Å². The highest BCUT2D eigenvalue weighted by Gasteiger charge is 2.18. The molecule has 4 rings (SSSR count). The number of carbonyl (C=O) groups excluding carboxylic acids is 1. The maximum Gasteiger partial charge on any atom is 0.225 e. The number of para-hydroxylation sites is 2. The van der Waals surface area contributed by atoms with E-state index < -0.39 is 0 Å². The fourth-order valence-electron chi connectivity index (χ4n) is 3.68. The number of aryl methyl sites for hydroxylation is 1. The SMILES string of the molecule is Cc1ccc(Nc2ccccc2NC(=O)CC(c2ccccc2)c2ccccc2)cc1. The molecule has 0 aromatic heterocycles. The zero-order chi connectivity index (χ0) is 21.5. The van der Waals surface area contributed by atoms with E-state index in [-0.39, 0.29) is 11.8 Å². The van der Waals surface area contributed by atoms with Gasteiger partial charge >= 0.3 is 0 Å². The summed E-state index contributed by atoms with van der Waals surface area (Å²) >= 11 is 0. The Balaban J connectivity index is 1.53. The average Bonchev–Trinajstić information content (AvgIpc) is 2.81. The number of benzene rings is 4. The lowest BCUT2D eigenvalue weighted by molar-refractivity contribution is -0.116. The van der Waals surface area contributed by atoms with Gasteiger partial charge in [-0.05, 0) is 42.3 Å². The van der Waals surface area contributed by atoms with Crippen LogP contribution < -0.4 is 10.6 Å². The summed E-state index contributed by atoms with van der Waals surface area (Å²) in [4.78, 5) is 13.1. The number of hydrogen-bond donors (Lipinski definition) is 2. The van der Waals surface area contributed by atoms with Crippen LogP contribution in [-0.2, 0) is 4.79 Å². The average molecular weight is 407 g/mol. The summed E-state index contributed by atoms with van der Waals surface area (Å²) in [7, 11) is 0. The Bertz CT molecular complexity index is 1080. The van der Waals surface area contributed by atoms with Crippen LogP contribution in [0.25, 0.3) is 0 Å².